The molecule has 3 aliphatic rings. The number of ether oxygens (including phenoxy) is 1. The number of carbonyl (C=O) groups is 2. The van der Waals surface area contributed by atoms with Gasteiger partial charge in [0.15, 0.2) is 0 Å². The zero-order valence-corrected chi connectivity index (χ0v) is 21.4. The summed E-state index contributed by atoms with van der Waals surface area (Å²) in [5.41, 5.74) is 0. The molecular formula is C28H42N2O3S. The summed E-state index contributed by atoms with van der Waals surface area (Å²) in [5, 5.41) is 5.79. The van der Waals surface area contributed by atoms with Crippen LogP contribution in [0.4, 0.5) is 4.79 Å². The van der Waals surface area contributed by atoms with Gasteiger partial charge < -0.3 is 10.1 Å². The normalized spacial score (nSPS) is 27.8. The third-order valence-corrected chi connectivity index (χ3v) is 9.17. The summed E-state index contributed by atoms with van der Waals surface area (Å²) in [6.45, 7) is 0.849. The first-order chi connectivity index (χ1) is 16.7. The fraction of sp³-hybridized carbons (Fsp3) is 0.714. The molecule has 6 heteroatoms. The van der Waals surface area contributed by atoms with Crippen LogP contribution in [0.2, 0.25) is 0 Å². The van der Waals surface area contributed by atoms with Crippen LogP contribution in [0.15, 0.2) is 29.2 Å². The van der Waals surface area contributed by atoms with Crippen LogP contribution in [0.5, 0.6) is 5.75 Å². The maximum absolute atomic E-state index is 12.2. The van der Waals surface area contributed by atoms with Crippen molar-refractivity contribution in [3.63, 3.8) is 0 Å². The van der Waals surface area contributed by atoms with Crippen LogP contribution in [-0.2, 0) is 4.79 Å². The average Bonchev–Trinajstić information content (AvgIpc) is 3.27. The summed E-state index contributed by atoms with van der Waals surface area (Å²) in [4.78, 5) is 25.0. The number of rotatable bonds is 6. The topological polar surface area (TPSA) is 67.4 Å². The van der Waals surface area contributed by atoms with Gasteiger partial charge in [0.05, 0.1) is 6.61 Å². The van der Waals surface area contributed by atoms with Gasteiger partial charge in [-0.05, 0) is 74.6 Å². The van der Waals surface area contributed by atoms with Crippen LogP contribution in [0, 0.1) is 11.8 Å². The second kappa shape index (κ2) is 13.4. The van der Waals surface area contributed by atoms with E-state index in [1.165, 1.54) is 75.5 Å². The third-order valence-electron chi connectivity index (χ3n) is 7.82. The quantitative estimate of drug-likeness (QED) is 0.432. The lowest BCUT2D eigenvalue weighted by molar-refractivity contribution is -0.121. The Morgan fingerprint density at radius 2 is 1.41 bits per heavy atom. The van der Waals surface area contributed by atoms with E-state index in [0.717, 1.165) is 38.0 Å². The van der Waals surface area contributed by atoms with Crippen molar-refractivity contribution in [3.8, 4) is 5.75 Å². The number of nitrogens with one attached hydrogen (secondary N) is 2. The molecule has 0 bridgehead atoms. The van der Waals surface area contributed by atoms with Crippen molar-refractivity contribution in [1.29, 1.82) is 0 Å². The van der Waals surface area contributed by atoms with Crippen molar-refractivity contribution >= 4 is 23.7 Å². The van der Waals surface area contributed by atoms with E-state index in [1.54, 1.807) is 0 Å². The Labute approximate surface area is 209 Å². The molecule has 3 fully saturated rings. The van der Waals surface area contributed by atoms with Gasteiger partial charge >= 0.3 is 6.03 Å². The van der Waals surface area contributed by atoms with Gasteiger partial charge in [0.25, 0.3) is 5.91 Å². The van der Waals surface area contributed by atoms with Gasteiger partial charge in [-0.25, -0.2) is 4.79 Å². The van der Waals surface area contributed by atoms with Crippen LogP contribution in [-0.4, -0.2) is 29.8 Å². The van der Waals surface area contributed by atoms with Gasteiger partial charge in [0.1, 0.15) is 11.8 Å². The minimum absolute atomic E-state index is 0.149. The van der Waals surface area contributed by atoms with Gasteiger partial charge in [-0.2, -0.15) is 0 Å². The number of hydrogen-bond acceptors (Lipinski definition) is 4. The predicted molar refractivity (Wildman–Crippen MR) is 138 cm³/mol. The number of benzene rings is 1. The Morgan fingerprint density at radius 3 is 2.12 bits per heavy atom. The minimum Gasteiger partial charge on any atom is -0.493 e. The number of imide groups is 1. The third kappa shape index (κ3) is 7.93. The molecule has 5 nitrogen and oxygen atoms in total. The van der Waals surface area contributed by atoms with E-state index >= 15 is 0 Å². The molecular weight excluding hydrogens is 444 g/mol. The second-order valence-electron chi connectivity index (χ2n) is 10.5. The molecule has 1 aliphatic heterocycles. The molecule has 0 aromatic heterocycles. The first-order valence-corrected chi connectivity index (χ1v) is 14.6. The first-order valence-electron chi connectivity index (χ1n) is 13.7. The van der Waals surface area contributed by atoms with E-state index in [4.69, 9.17) is 4.74 Å². The maximum atomic E-state index is 12.2. The van der Waals surface area contributed by atoms with Crippen molar-refractivity contribution < 1.29 is 14.3 Å². The summed E-state index contributed by atoms with van der Waals surface area (Å²) in [6, 6.07) is 7.99. The Hall–Kier alpha value is -1.69. The zero-order valence-electron chi connectivity index (χ0n) is 20.6. The van der Waals surface area contributed by atoms with Gasteiger partial charge in [-0.15, -0.1) is 11.8 Å². The van der Waals surface area contributed by atoms with E-state index in [-0.39, 0.29) is 23.9 Å². The lowest BCUT2D eigenvalue weighted by Crippen LogP contribution is -2.37. The van der Waals surface area contributed by atoms with Gasteiger partial charge in [0.2, 0.25) is 0 Å². The van der Waals surface area contributed by atoms with Crippen molar-refractivity contribution in [3.05, 3.63) is 24.3 Å². The van der Waals surface area contributed by atoms with Crippen LogP contribution in [0.25, 0.3) is 0 Å². The van der Waals surface area contributed by atoms with Crippen molar-refractivity contribution in [2.75, 3.05) is 6.61 Å². The van der Waals surface area contributed by atoms with Gasteiger partial charge in [-0.3, -0.25) is 10.1 Å². The number of thioether (sulfide) groups is 1. The average molecular weight is 487 g/mol. The molecule has 0 spiro atoms. The molecule has 1 aromatic rings. The van der Waals surface area contributed by atoms with Crippen molar-refractivity contribution in [1.82, 2.24) is 10.6 Å². The molecule has 2 N–H and O–H groups in total. The zero-order chi connectivity index (χ0) is 23.6. The SMILES string of the molecule is O=C1NC(=O)C(C2CCCCCC(Sc3ccc(OCC4CCCCCCCC4)cc3)CC2)N1. The Kier molecular flexibility index (Phi) is 10.0. The lowest BCUT2D eigenvalue weighted by Gasteiger charge is -2.22. The molecule has 1 heterocycles. The Bertz CT molecular complexity index is 774. The number of amides is 3. The molecule has 1 saturated heterocycles. The number of carbonyl (C=O) groups excluding carboxylic acids is 2. The smallest absolute Gasteiger partial charge is 0.322 e. The molecule has 188 valence electrons. The molecule has 1 aromatic carbocycles. The highest BCUT2D eigenvalue weighted by molar-refractivity contribution is 8.00. The Balaban J connectivity index is 1.26. The number of hydrogen-bond donors (Lipinski definition) is 2. The van der Waals surface area contributed by atoms with Gasteiger partial charge in [-0.1, -0.05) is 57.8 Å². The molecule has 0 radical (unpaired) electrons. The highest BCUT2D eigenvalue weighted by atomic mass is 32.2. The van der Waals surface area contributed by atoms with Crippen molar-refractivity contribution in [2.45, 2.75) is 112 Å². The molecule has 4 rings (SSSR count). The summed E-state index contributed by atoms with van der Waals surface area (Å²) < 4.78 is 6.19. The van der Waals surface area contributed by atoms with Gasteiger partial charge in [0, 0.05) is 10.1 Å². The lowest BCUT2D eigenvalue weighted by atomic mass is 9.89. The minimum atomic E-state index is -0.352. The fourth-order valence-electron chi connectivity index (χ4n) is 5.76. The van der Waals surface area contributed by atoms with E-state index in [0.29, 0.717) is 11.2 Å². The van der Waals surface area contributed by atoms with E-state index in [2.05, 4.69) is 34.9 Å². The van der Waals surface area contributed by atoms with E-state index in [1.807, 2.05) is 11.8 Å². The molecule has 2 saturated carbocycles. The maximum Gasteiger partial charge on any atom is 0.322 e. The highest BCUT2D eigenvalue weighted by Gasteiger charge is 2.36. The molecule has 2 aliphatic carbocycles. The molecule has 3 unspecified atom stereocenters. The standard InChI is InChI=1S/C28H42N2O3S/c31-27-26(29-28(32)30-27)22-12-8-5-9-13-24(17-14-22)34-25-18-15-23(16-19-25)33-20-21-10-6-3-1-2-4-7-11-21/h15-16,18-19,21-22,24,26H,1-14,17,20H2,(H2,29,30,31,32). The largest absolute Gasteiger partial charge is 0.493 e. The summed E-state index contributed by atoms with van der Waals surface area (Å²) in [7, 11) is 0. The van der Waals surface area contributed by atoms with Crippen LogP contribution in [0.1, 0.15) is 96.3 Å². The van der Waals surface area contributed by atoms with E-state index in [9.17, 15) is 9.59 Å². The monoisotopic (exact) mass is 486 g/mol. The van der Waals surface area contributed by atoms with Crippen LogP contribution >= 0.6 is 11.8 Å². The molecule has 3 atom stereocenters. The predicted octanol–water partition coefficient (Wildman–Crippen LogP) is 6.85. The second-order valence-corrected chi connectivity index (χ2v) is 11.9. The summed E-state index contributed by atoms with van der Waals surface area (Å²) >= 11 is 1.96. The van der Waals surface area contributed by atoms with E-state index < -0.39 is 0 Å². The molecule has 34 heavy (non-hydrogen) atoms. The fourth-order valence-corrected chi connectivity index (χ4v) is 6.98. The summed E-state index contributed by atoms with van der Waals surface area (Å²) in [5.74, 6) is 1.78. The molecule has 3 amide bonds. The highest BCUT2D eigenvalue weighted by Crippen LogP contribution is 2.35. The Morgan fingerprint density at radius 1 is 0.765 bits per heavy atom. The van der Waals surface area contributed by atoms with Crippen molar-refractivity contribution in [2.24, 2.45) is 11.8 Å². The van der Waals surface area contributed by atoms with Crippen LogP contribution in [0.3, 0.4) is 0 Å². The number of urea groups is 1. The summed E-state index contributed by atoms with van der Waals surface area (Å²) in [6.07, 6.45) is 18.7. The first kappa shape index (κ1) is 25.4. The van der Waals surface area contributed by atoms with Crippen LogP contribution < -0.4 is 15.4 Å².